The maximum Gasteiger partial charge on any atom is 0.427 e. The Labute approximate surface area is 242 Å². The number of aryl methyl sites for hydroxylation is 1. The van der Waals surface area contributed by atoms with E-state index < -0.39 is 69.4 Å². The minimum absolute atomic E-state index is 0.0882. The van der Waals surface area contributed by atoms with Crippen LogP contribution in [0.2, 0.25) is 0 Å². The number of aliphatic hydroxyl groups is 1. The highest BCUT2D eigenvalue weighted by Crippen LogP contribution is 2.41. The number of anilines is 2. The molecule has 0 fully saturated rings. The summed E-state index contributed by atoms with van der Waals surface area (Å²) in [5.41, 5.74) is -5.08. The lowest BCUT2D eigenvalue weighted by Crippen LogP contribution is -2.51. The molecule has 13 nitrogen and oxygen atoms in total. The van der Waals surface area contributed by atoms with Gasteiger partial charge in [-0.1, -0.05) is 0 Å². The van der Waals surface area contributed by atoms with E-state index in [9.17, 15) is 45.1 Å². The van der Waals surface area contributed by atoms with Crippen molar-refractivity contribution >= 4 is 33.4 Å². The van der Waals surface area contributed by atoms with Crippen molar-refractivity contribution in [3.05, 3.63) is 24.4 Å². The number of halogens is 5. The Bertz CT molecular complexity index is 1460. The minimum Gasteiger partial charge on any atom is -0.484 e. The lowest BCUT2D eigenvalue weighted by molar-refractivity contribution is -0.242. The lowest BCUT2D eigenvalue weighted by atomic mass is 10.1. The summed E-state index contributed by atoms with van der Waals surface area (Å²) in [4.78, 5) is 23.7. The number of hydrogen-bond acceptors (Lipinski definition) is 9. The largest absolute Gasteiger partial charge is 0.484 e. The number of amides is 2. The normalized spacial score (nSPS) is 15.9. The van der Waals surface area contributed by atoms with Crippen molar-refractivity contribution in [2.45, 2.75) is 76.2 Å². The van der Waals surface area contributed by atoms with Crippen LogP contribution in [0.1, 0.15) is 34.6 Å². The summed E-state index contributed by atoms with van der Waals surface area (Å²) in [5.74, 6) is -1.82. The zero-order valence-corrected chi connectivity index (χ0v) is 24.3. The van der Waals surface area contributed by atoms with E-state index in [1.165, 1.54) is 26.0 Å². The molecule has 19 heteroatoms. The van der Waals surface area contributed by atoms with Crippen LogP contribution < -0.4 is 24.4 Å². The van der Waals surface area contributed by atoms with Crippen LogP contribution in [0, 0.1) is 0 Å². The Morgan fingerprint density at radius 1 is 1.21 bits per heavy atom. The molecule has 0 radical (unpaired) electrons. The van der Waals surface area contributed by atoms with Crippen molar-refractivity contribution in [1.82, 2.24) is 15.1 Å². The summed E-state index contributed by atoms with van der Waals surface area (Å²) in [6, 6.07) is 3.43. The third-order valence-corrected chi connectivity index (χ3v) is 7.76. The molecule has 43 heavy (non-hydrogen) atoms. The van der Waals surface area contributed by atoms with E-state index >= 15 is 0 Å². The van der Waals surface area contributed by atoms with Crippen LogP contribution in [-0.4, -0.2) is 78.5 Å². The van der Waals surface area contributed by atoms with Crippen LogP contribution in [0.4, 0.5) is 38.1 Å². The second-order valence-electron chi connectivity index (χ2n) is 10.3. The molecule has 1 aliphatic heterocycles. The molecule has 1 unspecified atom stereocenters. The number of sulfonamides is 1. The van der Waals surface area contributed by atoms with Gasteiger partial charge in [-0.05, 0) is 52.8 Å². The maximum atomic E-state index is 13.9. The van der Waals surface area contributed by atoms with E-state index in [0.717, 1.165) is 21.3 Å². The quantitative estimate of drug-likeness (QED) is 0.330. The summed E-state index contributed by atoms with van der Waals surface area (Å²) < 4.78 is 110. The second-order valence-corrected chi connectivity index (χ2v) is 12.1. The molecule has 240 valence electrons. The monoisotopic (exact) mass is 643 g/mol. The molecular formula is C24H30F5N5O8S. The van der Waals surface area contributed by atoms with Crippen molar-refractivity contribution < 1.29 is 59.3 Å². The van der Waals surface area contributed by atoms with Gasteiger partial charge in [0.2, 0.25) is 5.60 Å². The van der Waals surface area contributed by atoms with Gasteiger partial charge in [0, 0.05) is 18.4 Å². The fraction of sp³-hybridized carbons (Fsp3) is 0.542. The SMILES string of the molecule is CCn1cc(S(=O)(=O)N2CC(CNC(=O)C(C)(C)O)Oc3ccc(NC(=O)OC(C)(C)C(F)(F)F)cc32)c(OC(F)F)n1. The molecule has 0 spiro atoms. The van der Waals surface area contributed by atoms with Crippen molar-refractivity contribution in [3.8, 4) is 11.6 Å². The number of aromatic nitrogens is 2. The first-order valence-electron chi connectivity index (χ1n) is 12.6. The first kappa shape index (κ1) is 33.6. The van der Waals surface area contributed by atoms with Gasteiger partial charge >= 0.3 is 18.9 Å². The molecule has 1 atom stereocenters. The Morgan fingerprint density at radius 2 is 1.86 bits per heavy atom. The molecule has 0 saturated carbocycles. The Balaban J connectivity index is 2.03. The highest BCUT2D eigenvalue weighted by atomic mass is 32.2. The van der Waals surface area contributed by atoms with Gasteiger partial charge in [0.15, 0.2) is 4.90 Å². The van der Waals surface area contributed by atoms with Crippen molar-refractivity contribution in [2.24, 2.45) is 0 Å². The predicted molar refractivity (Wildman–Crippen MR) is 139 cm³/mol. The number of benzene rings is 1. The third kappa shape index (κ3) is 7.75. The van der Waals surface area contributed by atoms with Gasteiger partial charge in [-0.2, -0.15) is 22.0 Å². The number of nitrogens with zero attached hydrogens (tertiary/aromatic N) is 3. The van der Waals surface area contributed by atoms with Crippen LogP contribution in [0.3, 0.4) is 0 Å². The molecule has 0 bridgehead atoms. The summed E-state index contributed by atoms with van der Waals surface area (Å²) in [6.07, 6.45) is -6.51. The van der Waals surface area contributed by atoms with E-state index in [4.69, 9.17) is 4.74 Å². The molecule has 2 aromatic rings. The molecule has 1 aromatic carbocycles. The van der Waals surface area contributed by atoms with Gasteiger partial charge in [-0.3, -0.25) is 19.1 Å². The average molecular weight is 644 g/mol. The maximum absolute atomic E-state index is 13.9. The molecule has 1 aromatic heterocycles. The number of nitrogens with one attached hydrogen (secondary N) is 2. The molecule has 3 rings (SSSR count). The second kappa shape index (κ2) is 12.0. The zero-order valence-electron chi connectivity index (χ0n) is 23.5. The molecule has 3 N–H and O–H groups in total. The van der Waals surface area contributed by atoms with Crippen molar-refractivity contribution in [2.75, 3.05) is 22.7 Å². The molecule has 1 aliphatic rings. The summed E-state index contributed by atoms with van der Waals surface area (Å²) in [7, 11) is -4.78. The highest BCUT2D eigenvalue weighted by Gasteiger charge is 2.51. The van der Waals surface area contributed by atoms with Crippen LogP contribution >= 0.6 is 0 Å². The Morgan fingerprint density at radius 3 is 2.42 bits per heavy atom. The van der Waals surface area contributed by atoms with E-state index in [1.807, 2.05) is 0 Å². The van der Waals surface area contributed by atoms with Crippen LogP contribution in [0.5, 0.6) is 11.6 Å². The van der Waals surface area contributed by atoms with Gasteiger partial charge < -0.3 is 24.6 Å². The summed E-state index contributed by atoms with van der Waals surface area (Å²) >= 11 is 0. The molecular weight excluding hydrogens is 613 g/mol. The lowest BCUT2D eigenvalue weighted by Gasteiger charge is -2.36. The summed E-state index contributed by atoms with van der Waals surface area (Å²) in [6.45, 7) is 1.12. The Hall–Kier alpha value is -3.87. The van der Waals surface area contributed by atoms with E-state index in [2.05, 4.69) is 25.2 Å². The number of carbonyl (C=O) groups excluding carboxylic acids is 2. The molecule has 2 amide bonds. The van der Waals surface area contributed by atoms with Crippen LogP contribution in [0.15, 0.2) is 29.3 Å². The van der Waals surface area contributed by atoms with E-state index in [1.54, 1.807) is 6.92 Å². The standard InChI is InChI=1S/C24H30F5N5O8S/c1-6-33-12-17(18(32-33)41-20(25)26)43(38,39)34-11-14(10-30-19(35)22(2,3)37)40-16-8-7-13(9-15(16)34)31-21(36)42-23(4,5)24(27,28)29/h7-9,12,14,20,37H,6,10-11H2,1-5H3,(H,30,35)(H,31,36). The first-order valence-corrected chi connectivity index (χ1v) is 14.0. The van der Waals surface area contributed by atoms with E-state index in [-0.39, 0.29) is 30.2 Å². The van der Waals surface area contributed by atoms with Gasteiger partial charge in [-0.15, -0.1) is 5.10 Å². The van der Waals surface area contributed by atoms with Gasteiger partial charge in [0.05, 0.1) is 18.8 Å². The molecule has 2 heterocycles. The average Bonchev–Trinajstić information content (AvgIpc) is 3.28. The number of carbonyl (C=O) groups is 2. The topological polar surface area (TPSA) is 161 Å². The van der Waals surface area contributed by atoms with E-state index in [0.29, 0.717) is 13.8 Å². The van der Waals surface area contributed by atoms with Gasteiger partial charge in [-0.25, -0.2) is 13.2 Å². The zero-order chi connectivity index (χ0) is 32.5. The first-order chi connectivity index (χ1) is 19.7. The fourth-order valence-corrected chi connectivity index (χ4v) is 5.15. The number of ether oxygens (including phenoxy) is 3. The highest BCUT2D eigenvalue weighted by molar-refractivity contribution is 7.93. The van der Waals surface area contributed by atoms with Crippen molar-refractivity contribution in [1.29, 1.82) is 0 Å². The third-order valence-electron chi connectivity index (χ3n) is 6.00. The smallest absolute Gasteiger partial charge is 0.427 e. The van der Waals surface area contributed by atoms with Crippen molar-refractivity contribution in [3.63, 3.8) is 0 Å². The minimum atomic E-state index is -4.89. The van der Waals surface area contributed by atoms with Crippen LogP contribution in [-0.2, 0) is 26.1 Å². The predicted octanol–water partition coefficient (Wildman–Crippen LogP) is 3.24. The fourth-order valence-electron chi connectivity index (χ4n) is 3.59. The number of hydrogen-bond donors (Lipinski definition) is 3. The molecule has 0 aliphatic carbocycles. The van der Waals surface area contributed by atoms with Gasteiger partial charge in [0.25, 0.3) is 21.8 Å². The molecule has 0 saturated heterocycles. The number of alkyl halides is 5. The Kier molecular flexibility index (Phi) is 9.40. The number of fused-ring (bicyclic) bond motifs is 1. The summed E-state index contributed by atoms with van der Waals surface area (Å²) in [5, 5.41) is 18.1. The van der Waals surface area contributed by atoms with Gasteiger partial charge in [0.1, 0.15) is 17.5 Å². The number of rotatable bonds is 10. The van der Waals surface area contributed by atoms with Crippen LogP contribution in [0.25, 0.3) is 0 Å².